The Kier molecular flexibility index (Phi) is 4.04. The summed E-state index contributed by atoms with van der Waals surface area (Å²) in [5, 5.41) is 9.13. The van der Waals surface area contributed by atoms with Crippen LogP contribution < -0.4 is 5.32 Å². The topological polar surface area (TPSA) is 46.9 Å². The summed E-state index contributed by atoms with van der Waals surface area (Å²) in [5.41, 5.74) is 2.88. The van der Waals surface area contributed by atoms with Crippen LogP contribution >= 0.6 is 11.3 Å². The average molecular weight is 277 g/mol. The van der Waals surface area contributed by atoms with Crippen LogP contribution in [0.1, 0.15) is 46.4 Å². The van der Waals surface area contributed by atoms with Crippen LogP contribution in [0.4, 0.5) is 0 Å². The number of nitrogens with one attached hydrogen (secondary N) is 1. The molecule has 1 N–H and O–H groups in total. The van der Waals surface area contributed by atoms with Gasteiger partial charge in [-0.05, 0) is 26.3 Å². The van der Waals surface area contributed by atoms with Crippen molar-refractivity contribution >= 4 is 17.2 Å². The molecule has 19 heavy (non-hydrogen) atoms. The minimum absolute atomic E-state index is 0.0216. The smallest absolute Gasteiger partial charge is 0.252 e. The molecule has 0 aliphatic heterocycles. The second-order valence-corrected chi connectivity index (χ2v) is 5.66. The van der Waals surface area contributed by atoms with Crippen LogP contribution in [0.2, 0.25) is 0 Å². The Morgan fingerprint density at radius 1 is 1.58 bits per heavy atom. The van der Waals surface area contributed by atoms with Gasteiger partial charge >= 0.3 is 0 Å². The first-order valence-electron chi connectivity index (χ1n) is 6.39. The van der Waals surface area contributed by atoms with Gasteiger partial charge in [0.15, 0.2) is 0 Å². The van der Waals surface area contributed by atoms with Gasteiger partial charge in [0.05, 0.1) is 17.8 Å². The molecule has 2 aromatic rings. The summed E-state index contributed by atoms with van der Waals surface area (Å²) in [7, 11) is 1.90. The molecule has 0 radical (unpaired) electrons. The highest BCUT2D eigenvalue weighted by molar-refractivity contribution is 7.10. The Morgan fingerprint density at radius 3 is 2.84 bits per heavy atom. The van der Waals surface area contributed by atoms with Gasteiger partial charge in [0.25, 0.3) is 5.91 Å². The molecule has 1 atom stereocenters. The Balaban J connectivity index is 2.08. The van der Waals surface area contributed by atoms with E-state index in [4.69, 9.17) is 0 Å². The third-order valence-corrected chi connectivity index (χ3v) is 4.43. The van der Waals surface area contributed by atoms with Crippen LogP contribution in [-0.2, 0) is 13.5 Å². The number of amides is 1. The molecular weight excluding hydrogens is 258 g/mol. The number of carbonyl (C=O) groups excluding carboxylic acids is 1. The Bertz CT molecular complexity index is 585. The largest absolute Gasteiger partial charge is 0.345 e. The first-order valence-corrected chi connectivity index (χ1v) is 7.27. The van der Waals surface area contributed by atoms with Crippen LogP contribution in [0.25, 0.3) is 0 Å². The van der Waals surface area contributed by atoms with Gasteiger partial charge in [0.2, 0.25) is 0 Å². The van der Waals surface area contributed by atoms with E-state index >= 15 is 0 Å². The zero-order valence-electron chi connectivity index (χ0n) is 11.7. The van der Waals surface area contributed by atoms with Gasteiger partial charge in [-0.2, -0.15) is 5.10 Å². The maximum absolute atomic E-state index is 12.1. The molecule has 0 aliphatic carbocycles. The number of aromatic nitrogens is 2. The van der Waals surface area contributed by atoms with Crippen molar-refractivity contribution in [1.29, 1.82) is 0 Å². The summed E-state index contributed by atoms with van der Waals surface area (Å²) in [6.07, 6.45) is 2.78. The maximum Gasteiger partial charge on any atom is 0.252 e. The highest BCUT2D eigenvalue weighted by Crippen LogP contribution is 2.19. The van der Waals surface area contributed by atoms with Crippen LogP contribution in [0.5, 0.6) is 0 Å². The number of carbonyl (C=O) groups is 1. The summed E-state index contributed by atoms with van der Waals surface area (Å²) in [4.78, 5) is 13.4. The molecular formula is C14H19N3OS. The highest BCUT2D eigenvalue weighted by atomic mass is 32.1. The van der Waals surface area contributed by atoms with Crippen molar-refractivity contribution < 1.29 is 4.79 Å². The number of aryl methyl sites for hydroxylation is 2. The van der Waals surface area contributed by atoms with Crippen molar-refractivity contribution in [3.05, 3.63) is 39.3 Å². The molecule has 2 aromatic heterocycles. The molecule has 5 heteroatoms. The number of thiophene rings is 1. The van der Waals surface area contributed by atoms with E-state index in [-0.39, 0.29) is 11.9 Å². The maximum atomic E-state index is 12.1. The fourth-order valence-corrected chi connectivity index (χ4v) is 2.80. The van der Waals surface area contributed by atoms with Gasteiger partial charge in [-0.15, -0.1) is 11.3 Å². The average Bonchev–Trinajstić information content (AvgIpc) is 2.98. The van der Waals surface area contributed by atoms with Crippen molar-refractivity contribution in [1.82, 2.24) is 15.1 Å². The lowest BCUT2D eigenvalue weighted by Crippen LogP contribution is -2.26. The normalized spacial score (nSPS) is 12.4. The van der Waals surface area contributed by atoms with Crippen LogP contribution in [0.3, 0.4) is 0 Å². The molecule has 102 valence electrons. The van der Waals surface area contributed by atoms with Crippen molar-refractivity contribution in [2.75, 3.05) is 0 Å². The number of hydrogen-bond donors (Lipinski definition) is 1. The Labute approximate surface area is 117 Å². The molecule has 1 amide bonds. The lowest BCUT2D eigenvalue weighted by Gasteiger charge is -2.13. The molecule has 0 aliphatic rings. The molecule has 0 saturated carbocycles. The lowest BCUT2D eigenvalue weighted by atomic mass is 10.1. The standard InChI is InChI=1S/C14H19N3OS/c1-5-12-6-11(8-19-12)14(18)16-9(2)13-7-15-17(4)10(13)3/h6-9H,5H2,1-4H3,(H,16,18)/t9-/m0/s1. The van der Waals surface area contributed by atoms with Crippen LogP contribution in [-0.4, -0.2) is 15.7 Å². The fourth-order valence-electron chi connectivity index (χ4n) is 1.98. The summed E-state index contributed by atoms with van der Waals surface area (Å²) >= 11 is 1.63. The van der Waals surface area contributed by atoms with Gasteiger partial charge in [0, 0.05) is 28.6 Å². The highest BCUT2D eigenvalue weighted by Gasteiger charge is 2.16. The molecule has 0 saturated heterocycles. The Morgan fingerprint density at radius 2 is 2.32 bits per heavy atom. The van der Waals surface area contributed by atoms with Crippen LogP contribution in [0, 0.1) is 6.92 Å². The first-order chi connectivity index (χ1) is 9.02. The lowest BCUT2D eigenvalue weighted by molar-refractivity contribution is 0.0940. The van der Waals surface area contributed by atoms with E-state index in [1.54, 1.807) is 11.3 Å². The molecule has 0 aromatic carbocycles. The van der Waals surface area contributed by atoms with Crippen molar-refractivity contribution in [2.24, 2.45) is 7.05 Å². The van der Waals surface area contributed by atoms with E-state index in [0.717, 1.165) is 23.2 Å². The summed E-state index contributed by atoms with van der Waals surface area (Å²) in [6.45, 7) is 6.08. The molecule has 0 unspecified atom stereocenters. The van der Waals surface area contributed by atoms with Crippen molar-refractivity contribution in [3.63, 3.8) is 0 Å². The Hall–Kier alpha value is -1.62. The molecule has 0 spiro atoms. The van der Waals surface area contributed by atoms with E-state index in [9.17, 15) is 4.79 Å². The number of nitrogens with zero attached hydrogens (tertiary/aromatic N) is 2. The minimum atomic E-state index is -0.0359. The zero-order valence-corrected chi connectivity index (χ0v) is 12.5. The van der Waals surface area contributed by atoms with Gasteiger partial charge in [-0.3, -0.25) is 9.48 Å². The first kappa shape index (κ1) is 13.8. The van der Waals surface area contributed by atoms with Crippen LogP contribution in [0.15, 0.2) is 17.6 Å². The van der Waals surface area contributed by atoms with E-state index < -0.39 is 0 Å². The third-order valence-electron chi connectivity index (χ3n) is 3.35. The zero-order chi connectivity index (χ0) is 14.0. The molecule has 2 heterocycles. The van der Waals surface area contributed by atoms with E-state index in [1.807, 2.05) is 43.2 Å². The third kappa shape index (κ3) is 2.87. The molecule has 0 fully saturated rings. The monoisotopic (exact) mass is 277 g/mol. The van der Waals surface area contributed by atoms with Gasteiger partial charge in [-0.25, -0.2) is 0 Å². The predicted molar refractivity (Wildman–Crippen MR) is 77.5 cm³/mol. The minimum Gasteiger partial charge on any atom is -0.345 e. The molecule has 4 nitrogen and oxygen atoms in total. The SMILES string of the molecule is CCc1cc(C(=O)N[C@@H](C)c2cnn(C)c2C)cs1. The molecule has 0 bridgehead atoms. The second kappa shape index (κ2) is 5.57. The fraction of sp³-hybridized carbons (Fsp3) is 0.429. The van der Waals surface area contributed by atoms with E-state index in [1.165, 1.54) is 4.88 Å². The van der Waals surface area contributed by atoms with Gasteiger partial charge in [-0.1, -0.05) is 6.92 Å². The van der Waals surface area contributed by atoms with E-state index in [2.05, 4.69) is 17.3 Å². The number of hydrogen-bond acceptors (Lipinski definition) is 3. The second-order valence-electron chi connectivity index (χ2n) is 4.66. The number of rotatable bonds is 4. The quantitative estimate of drug-likeness (QED) is 0.934. The van der Waals surface area contributed by atoms with Gasteiger partial charge < -0.3 is 5.32 Å². The summed E-state index contributed by atoms with van der Waals surface area (Å²) in [6, 6.07) is 1.93. The summed E-state index contributed by atoms with van der Waals surface area (Å²) in [5.74, 6) is -0.0216. The summed E-state index contributed by atoms with van der Waals surface area (Å²) < 4.78 is 1.82. The van der Waals surface area contributed by atoms with Gasteiger partial charge in [0.1, 0.15) is 0 Å². The molecule has 2 rings (SSSR count). The van der Waals surface area contributed by atoms with E-state index in [0.29, 0.717) is 0 Å². The van der Waals surface area contributed by atoms with Crippen molar-refractivity contribution in [3.8, 4) is 0 Å². The van der Waals surface area contributed by atoms with Crippen molar-refractivity contribution in [2.45, 2.75) is 33.2 Å². The predicted octanol–water partition coefficient (Wildman–Crippen LogP) is 2.84.